The number of hydrogen-bond donors (Lipinski definition) is 2. The van der Waals surface area contributed by atoms with Crippen LogP contribution < -0.4 is 10.6 Å². The summed E-state index contributed by atoms with van der Waals surface area (Å²) in [5.74, 6) is -0.0898. The van der Waals surface area contributed by atoms with E-state index in [-0.39, 0.29) is 11.2 Å². The lowest BCUT2D eigenvalue weighted by Crippen LogP contribution is -2.37. The predicted molar refractivity (Wildman–Crippen MR) is 64.0 cm³/mol. The predicted octanol–water partition coefficient (Wildman–Crippen LogP) is 1.57. The Bertz CT molecular complexity index is 344. The molecule has 0 spiro atoms. The highest BCUT2D eigenvalue weighted by molar-refractivity contribution is 5.19. The Balaban J connectivity index is 2.10. The van der Waals surface area contributed by atoms with Crippen LogP contribution in [0.15, 0.2) is 24.3 Å². The van der Waals surface area contributed by atoms with E-state index in [0.29, 0.717) is 0 Å². The number of benzene rings is 1. The summed E-state index contributed by atoms with van der Waals surface area (Å²) in [5, 5.41) is 6.79. The van der Waals surface area contributed by atoms with Crippen LogP contribution in [0.3, 0.4) is 0 Å². The van der Waals surface area contributed by atoms with Gasteiger partial charge in [0, 0.05) is 26.2 Å². The molecule has 0 aromatic heterocycles. The first kappa shape index (κ1) is 11.6. The third-order valence-corrected chi connectivity index (χ3v) is 3.16. The van der Waals surface area contributed by atoms with Crippen molar-refractivity contribution in [1.82, 2.24) is 10.6 Å². The largest absolute Gasteiger partial charge is 0.315 e. The van der Waals surface area contributed by atoms with Gasteiger partial charge in [0.15, 0.2) is 0 Å². The third-order valence-electron chi connectivity index (χ3n) is 3.16. The molecule has 2 N–H and O–H groups in total. The van der Waals surface area contributed by atoms with Crippen molar-refractivity contribution in [2.45, 2.75) is 13.3 Å². The van der Waals surface area contributed by atoms with Crippen molar-refractivity contribution in [3.05, 3.63) is 35.6 Å². The average molecular weight is 222 g/mol. The summed E-state index contributed by atoms with van der Waals surface area (Å²) in [6.45, 7) is 6.06. The quantitative estimate of drug-likeness (QED) is 0.793. The van der Waals surface area contributed by atoms with Crippen LogP contribution in [-0.2, 0) is 6.42 Å². The standard InChI is InChI=1S/C13H19FN2/c1-13(9-15-6-7-16-10-13)8-11-4-2-3-5-12(11)14/h2-5,15-16H,6-10H2,1H3. The highest BCUT2D eigenvalue weighted by Crippen LogP contribution is 2.23. The lowest BCUT2D eigenvalue weighted by Gasteiger charge is -2.28. The van der Waals surface area contributed by atoms with E-state index in [2.05, 4.69) is 17.6 Å². The fourth-order valence-electron chi connectivity index (χ4n) is 2.25. The Morgan fingerprint density at radius 2 is 1.81 bits per heavy atom. The summed E-state index contributed by atoms with van der Waals surface area (Å²) in [7, 11) is 0. The number of halogens is 1. The molecule has 2 nitrogen and oxygen atoms in total. The van der Waals surface area contributed by atoms with Gasteiger partial charge in [0.05, 0.1) is 0 Å². The fourth-order valence-corrected chi connectivity index (χ4v) is 2.25. The van der Waals surface area contributed by atoms with Crippen LogP contribution in [0.4, 0.5) is 4.39 Å². The normalized spacial score (nSPS) is 20.4. The van der Waals surface area contributed by atoms with E-state index in [1.807, 2.05) is 12.1 Å². The molecule has 1 aliphatic rings. The molecular weight excluding hydrogens is 203 g/mol. The monoisotopic (exact) mass is 222 g/mol. The van der Waals surface area contributed by atoms with Crippen molar-refractivity contribution in [3.63, 3.8) is 0 Å². The molecule has 1 fully saturated rings. The zero-order valence-corrected chi connectivity index (χ0v) is 9.72. The fraction of sp³-hybridized carbons (Fsp3) is 0.538. The van der Waals surface area contributed by atoms with Gasteiger partial charge in [-0.1, -0.05) is 25.1 Å². The Morgan fingerprint density at radius 1 is 1.19 bits per heavy atom. The molecule has 1 heterocycles. The minimum Gasteiger partial charge on any atom is -0.315 e. The molecule has 88 valence electrons. The van der Waals surface area contributed by atoms with Gasteiger partial charge in [0.1, 0.15) is 5.82 Å². The molecule has 1 aromatic carbocycles. The van der Waals surface area contributed by atoms with E-state index in [4.69, 9.17) is 0 Å². The minimum atomic E-state index is -0.0898. The van der Waals surface area contributed by atoms with Crippen LogP contribution >= 0.6 is 0 Å². The van der Waals surface area contributed by atoms with E-state index < -0.39 is 0 Å². The number of hydrogen-bond acceptors (Lipinski definition) is 2. The maximum Gasteiger partial charge on any atom is 0.126 e. The first-order valence-corrected chi connectivity index (χ1v) is 5.84. The van der Waals surface area contributed by atoms with Crippen LogP contribution in [-0.4, -0.2) is 26.2 Å². The van der Waals surface area contributed by atoms with Gasteiger partial charge < -0.3 is 10.6 Å². The van der Waals surface area contributed by atoms with Crippen LogP contribution in [0.1, 0.15) is 12.5 Å². The average Bonchev–Trinajstić information content (AvgIpc) is 2.47. The van der Waals surface area contributed by atoms with Gasteiger partial charge in [-0.2, -0.15) is 0 Å². The second-order valence-corrected chi connectivity index (χ2v) is 4.93. The summed E-state index contributed by atoms with van der Waals surface area (Å²) in [6.07, 6.45) is 0.777. The van der Waals surface area contributed by atoms with Crippen molar-refractivity contribution in [1.29, 1.82) is 0 Å². The van der Waals surface area contributed by atoms with Gasteiger partial charge in [-0.05, 0) is 23.5 Å². The molecule has 0 atom stereocenters. The third kappa shape index (κ3) is 2.80. The van der Waals surface area contributed by atoms with Gasteiger partial charge in [-0.25, -0.2) is 4.39 Å². The number of rotatable bonds is 2. The van der Waals surface area contributed by atoms with Crippen molar-refractivity contribution in [2.75, 3.05) is 26.2 Å². The lowest BCUT2D eigenvalue weighted by molar-refractivity contribution is 0.310. The first-order valence-electron chi connectivity index (χ1n) is 5.84. The molecule has 0 amide bonds. The van der Waals surface area contributed by atoms with Gasteiger partial charge in [0.2, 0.25) is 0 Å². The summed E-state index contributed by atoms with van der Waals surface area (Å²) in [4.78, 5) is 0. The summed E-state index contributed by atoms with van der Waals surface area (Å²) >= 11 is 0. The molecule has 3 heteroatoms. The van der Waals surface area contributed by atoms with Crippen LogP contribution in [0.5, 0.6) is 0 Å². The van der Waals surface area contributed by atoms with Gasteiger partial charge in [-0.15, -0.1) is 0 Å². The molecule has 0 unspecified atom stereocenters. The van der Waals surface area contributed by atoms with Gasteiger partial charge in [-0.3, -0.25) is 0 Å². The van der Waals surface area contributed by atoms with Crippen molar-refractivity contribution >= 4 is 0 Å². The van der Waals surface area contributed by atoms with Crippen molar-refractivity contribution in [2.24, 2.45) is 5.41 Å². The van der Waals surface area contributed by atoms with Crippen LogP contribution in [0.25, 0.3) is 0 Å². The van der Waals surface area contributed by atoms with E-state index in [9.17, 15) is 4.39 Å². The Morgan fingerprint density at radius 3 is 2.44 bits per heavy atom. The zero-order chi connectivity index (χ0) is 11.4. The molecule has 0 radical (unpaired) electrons. The topological polar surface area (TPSA) is 24.1 Å². The Labute approximate surface area is 96.2 Å². The summed E-state index contributed by atoms with van der Waals surface area (Å²) < 4.78 is 13.6. The van der Waals surface area contributed by atoms with E-state index in [1.54, 1.807) is 6.07 Å². The van der Waals surface area contributed by atoms with Gasteiger partial charge >= 0.3 is 0 Å². The maximum absolute atomic E-state index is 13.6. The van der Waals surface area contributed by atoms with E-state index in [0.717, 1.165) is 38.2 Å². The molecule has 1 saturated heterocycles. The van der Waals surface area contributed by atoms with Gasteiger partial charge in [0.25, 0.3) is 0 Å². The van der Waals surface area contributed by atoms with Crippen LogP contribution in [0, 0.1) is 11.2 Å². The maximum atomic E-state index is 13.6. The molecule has 0 aliphatic carbocycles. The van der Waals surface area contributed by atoms with E-state index >= 15 is 0 Å². The summed E-state index contributed by atoms with van der Waals surface area (Å²) in [6, 6.07) is 7.06. The Kier molecular flexibility index (Phi) is 3.56. The smallest absolute Gasteiger partial charge is 0.126 e. The highest BCUT2D eigenvalue weighted by atomic mass is 19.1. The molecule has 0 saturated carbocycles. The summed E-state index contributed by atoms with van der Waals surface area (Å²) in [5.41, 5.74) is 0.911. The minimum absolute atomic E-state index is 0.0898. The molecular formula is C13H19FN2. The molecule has 2 rings (SSSR count). The van der Waals surface area contributed by atoms with Crippen molar-refractivity contribution < 1.29 is 4.39 Å². The first-order chi connectivity index (χ1) is 7.70. The zero-order valence-electron chi connectivity index (χ0n) is 9.72. The second-order valence-electron chi connectivity index (χ2n) is 4.93. The Hall–Kier alpha value is -0.930. The second kappa shape index (κ2) is 4.93. The SMILES string of the molecule is CC1(Cc2ccccc2F)CNCCNC1. The lowest BCUT2D eigenvalue weighted by atomic mass is 9.83. The number of nitrogens with one attached hydrogen (secondary N) is 2. The molecule has 1 aromatic rings. The molecule has 1 aliphatic heterocycles. The van der Waals surface area contributed by atoms with E-state index in [1.165, 1.54) is 6.07 Å². The molecule has 16 heavy (non-hydrogen) atoms. The highest BCUT2D eigenvalue weighted by Gasteiger charge is 2.26. The molecule has 0 bridgehead atoms. The van der Waals surface area contributed by atoms with Crippen molar-refractivity contribution in [3.8, 4) is 0 Å². The van der Waals surface area contributed by atoms with Crippen LogP contribution in [0.2, 0.25) is 0 Å².